The molecule has 0 atom stereocenters. The Hall–Kier alpha value is -2.43. The number of nitrogens with zero attached hydrogens (tertiary/aromatic N) is 3. The van der Waals surface area contributed by atoms with Crippen molar-refractivity contribution in [2.24, 2.45) is 0 Å². The van der Waals surface area contributed by atoms with Gasteiger partial charge in [-0.05, 0) is 56.6 Å². The van der Waals surface area contributed by atoms with Crippen molar-refractivity contribution in [3.8, 4) is 0 Å². The number of carbonyl (C=O) groups is 1. The van der Waals surface area contributed by atoms with Crippen LogP contribution in [0.5, 0.6) is 0 Å². The van der Waals surface area contributed by atoms with Crippen LogP contribution in [0.25, 0.3) is 6.08 Å². The summed E-state index contributed by atoms with van der Waals surface area (Å²) in [5.41, 5.74) is 4.19. The van der Waals surface area contributed by atoms with E-state index in [9.17, 15) is 4.79 Å². The predicted octanol–water partition coefficient (Wildman–Crippen LogP) is 3.40. The van der Waals surface area contributed by atoms with Gasteiger partial charge < -0.3 is 14.7 Å². The number of carbonyl (C=O) groups excluding carboxylic acids is 1. The molecule has 0 saturated carbocycles. The first-order chi connectivity index (χ1) is 13.0. The predicted molar refractivity (Wildman–Crippen MR) is 113 cm³/mol. The minimum Gasteiger partial charge on any atom is -0.368 e. The van der Waals surface area contributed by atoms with Gasteiger partial charge in [-0.1, -0.05) is 36.4 Å². The van der Waals surface area contributed by atoms with Crippen LogP contribution in [0, 0.1) is 0 Å². The van der Waals surface area contributed by atoms with Crippen LogP contribution in [0.2, 0.25) is 0 Å². The topological polar surface area (TPSA) is 26.8 Å². The molecule has 1 fully saturated rings. The normalized spacial score (nSPS) is 15.6. The molecule has 1 saturated heterocycles. The molecule has 4 heteroatoms. The maximum absolute atomic E-state index is 12.7. The van der Waals surface area contributed by atoms with Gasteiger partial charge in [-0.3, -0.25) is 4.79 Å². The van der Waals surface area contributed by atoms with Crippen LogP contribution in [-0.2, 0) is 6.54 Å². The lowest BCUT2D eigenvalue weighted by molar-refractivity contribution is 0.104. The lowest BCUT2D eigenvalue weighted by Gasteiger charge is -2.34. The Bertz CT molecular complexity index is 805. The van der Waals surface area contributed by atoms with Gasteiger partial charge in [-0.2, -0.15) is 0 Å². The van der Waals surface area contributed by atoms with Gasteiger partial charge in [0.2, 0.25) is 0 Å². The first kappa shape index (κ1) is 19.3. The van der Waals surface area contributed by atoms with E-state index in [1.807, 2.05) is 44.4 Å². The summed E-state index contributed by atoms with van der Waals surface area (Å²) in [5.74, 6) is 0.0452. The van der Waals surface area contributed by atoms with Gasteiger partial charge in [0.05, 0.1) is 0 Å². The highest BCUT2D eigenvalue weighted by Crippen LogP contribution is 2.23. The zero-order chi connectivity index (χ0) is 19.2. The highest BCUT2D eigenvalue weighted by Gasteiger charge is 2.16. The molecule has 3 rings (SSSR count). The van der Waals surface area contributed by atoms with E-state index >= 15 is 0 Å². The number of rotatable bonds is 6. The van der Waals surface area contributed by atoms with E-state index in [0.29, 0.717) is 0 Å². The molecular formula is C23H29N3O. The molecule has 0 amide bonds. The molecule has 4 nitrogen and oxygen atoms in total. The minimum atomic E-state index is 0.0452. The van der Waals surface area contributed by atoms with Crippen molar-refractivity contribution in [1.29, 1.82) is 0 Å². The van der Waals surface area contributed by atoms with Gasteiger partial charge in [0.1, 0.15) is 0 Å². The Balaban J connectivity index is 1.75. The van der Waals surface area contributed by atoms with E-state index in [-0.39, 0.29) is 5.78 Å². The quantitative estimate of drug-likeness (QED) is 0.581. The Morgan fingerprint density at radius 2 is 1.78 bits per heavy atom. The third kappa shape index (κ3) is 5.28. The number of hydrogen-bond donors (Lipinski definition) is 0. The monoisotopic (exact) mass is 363 g/mol. The molecule has 0 spiro atoms. The number of allylic oxidation sites excluding steroid dienone is 1. The summed E-state index contributed by atoms with van der Waals surface area (Å²) in [7, 11) is 6.22. The van der Waals surface area contributed by atoms with Gasteiger partial charge in [0, 0.05) is 44.0 Å². The van der Waals surface area contributed by atoms with Crippen molar-refractivity contribution in [3.05, 3.63) is 71.3 Å². The van der Waals surface area contributed by atoms with Crippen molar-refractivity contribution < 1.29 is 4.79 Å². The second-order valence-electron chi connectivity index (χ2n) is 7.48. The number of likely N-dealkylation sites (N-methyl/N-ethyl adjacent to an activating group) is 1. The van der Waals surface area contributed by atoms with E-state index in [1.54, 1.807) is 6.08 Å². The van der Waals surface area contributed by atoms with Crippen LogP contribution in [0.3, 0.4) is 0 Å². The molecule has 0 aromatic heterocycles. The summed E-state index contributed by atoms with van der Waals surface area (Å²) in [6.45, 7) is 4.99. The van der Waals surface area contributed by atoms with E-state index in [1.165, 1.54) is 5.69 Å². The number of benzene rings is 2. The zero-order valence-electron chi connectivity index (χ0n) is 16.6. The third-order valence-electron chi connectivity index (χ3n) is 4.91. The molecule has 1 heterocycles. The summed E-state index contributed by atoms with van der Waals surface area (Å²) >= 11 is 0. The molecule has 2 aromatic carbocycles. The zero-order valence-corrected chi connectivity index (χ0v) is 16.6. The number of anilines is 1. The van der Waals surface area contributed by atoms with Crippen LogP contribution in [0.1, 0.15) is 21.5 Å². The molecule has 0 unspecified atom stereocenters. The third-order valence-corrected chi connectivity index (χ3v) is 4.91. The van der Waals surface area contributed by atoms with E-state index in [0.717, 1.165) is 49.4 Å². The molecule has 1 aliphatic rings. The smallest absolute Gasteiger partial charge is 0.185 e. The Morgan fingerprint density at radius 3 is 2.52 bits per heavy atom. The SMILES string of the molecule is CN(C)Cc1cccc(C(=O)C=Cc2ccccc2N2CCN(C)CC2)c1. The summed E-state index contributed by atoms with van der Waals surface area (Å²) in [4.78, 5) is 19.5. The van der Waals surface area contributed by atoms with Crippen molar-refractivity contribution in [3.63, 3.8) is 0 Å². The molecule has 0 radical (unpaired) electrons. The molecule has 0 aliphatic carbocycles. The van der Waals surface area contributed by atoms with Crippen molar-refractivity contribution >= 4 is 17.5 Å². The van der Waals surface area contributed by atoms with Gasteiger partial charge in [-0.25, -0.2) is 0 Å². The first-order valence-corrected chi connectivity index (χ1v) is 9.51. The maximum atomic E-state index is 12.7. The fourth-order valence-corrected chi connectivity index (χ4v) is 3.41. The fourth-order valence-electron chi connectivity index (χ4n) is 3.41. The van der Waals surface area contributed by atoms with Gasteiger partial charge >= 0.3 is 0 Å². The van der Waals surface area contributed by atoms with Crippen LogP contribution >= 0.6 is 0 Å². The van der Waals surface area contributed by atoms with Gasteiger partial charge in [-0.15, -0.1) is 0 Å². The lowest BCUT2D eigenvalue weighted by atomic mass is 10.0. The highest BCUT2D eigenvalue weighted by molar-refractivity contribution is 6.07. The summed E-state index contributed by atoms with van der Waals surface area (Å²) < 4.78 is 0. The molecule has 2 aromatic rings. The van der Waals surface area contributed by atoms with Gasteiger partial charge in [0.15, 0.2) is 5.78 Å². The Kier molecular flexibility index (Phi) is 6.43. The summed E-state index contributed by atoms with van der Waals surface area (Å²) in [6.07, 6.45) is 3.65. The Morgan fingerprint density at radius 1 is 1.04 bits per heavy atom. The van der Waals surface area contributed by atoms with Crippen LogP contribution in [-0.4, -0.2) is 62.9 Å². The van der Waals surface area contributed by atoms with Crippen molar-refractivity contribution in [2.75, 3.05) is 52.2 Å². The largest absolute Gasteiger partial charge is 0.368 e. The standard InChI is InChI=1S/C23H29N3O/c1-24(2)18-19-7-6-9-21(17-19)23(27)12-11-20-8-4-5-10-22(20)26-15-13-25(3)14-16-26/h4-12,17H,13-16,18H2,1-3H3. The lowest BCUT2D eigenvalue weighted by Crippen LogP contribution is -2.44. The van der Waals surface area contributed by atoms with E-state index in [4.69, 9.17) is 0 Å². The van der Waals surface area contributed by atoms with Crippen molar-refractivity contribution in [1.82, 2.24) is 9.80 Å². The van der Waals surface area contributed by atoms with E-state index < -0.39 is 0 Å². The molecule has 0 bridgehead atoms. The maximum Gasteiger partial charge on any atom is 0.185 e. The summed E-state index contributed by atoms with van der Waals surface area (Å²) in [6, 6.07) is 16.2. The average molecular weight is 364 g/mol. The van der Waals surface area contributed by atoms with E-state index in [2.05, 4.69) is 46.0 Å². The average Bonchev–Trinajstić information content (AvgIpc) is 2.67. The molecular weight excluding hydrogens is 334 g/mol. The minimum absolute atomic E-state index is 0.0452. The number of para-hydroxylation sites is 1. The number of ketones is 1. The van der Waals surface area contributed by atoms with Crippen molar-refractivity contribution in [2.45, 2.75) is 6.54 Å². The van der Waals surface area contributed by atoms with Crippen LogP contribution < -0.4 is 4.90 Å². The van der Waals surface area contributed by atoms with Crippen LogP contribution in [0.4, 0.5) is 5.69 Å². The first-order valence-electron chi connectivity index (χ1n) is 9.51. The molecule has 0 N–H and O–H groups in total. The van der Waals surface area contributed by atoms with Gasteiger partial charge in [0.25, 0.3) is 0 Å². The number of hydrogen-bond acceptors (Lipinski definition) is 4. The summed E-state index contributed by atoms with van der Waals surface area (Å²) in [5, 5.41) is 0. The Labute approximate surface area is 162 Å². The number of piperazine rings is 1. The highest BCUT2D eigenvalue weighted by atomic mass is 16.1. The molecule has 1 aliphatic heterocycles. The molecule has 142 valence electrons. The fraction of sp³-hybridized carbons (Fsp3) is 0.348. The molecule has 27 heavy (non-hydrogen) atoms. The van der Waals surface area contributed by atoms with Crippen LogP contribution in [0.15, 0.2) is 54.6 Å². The second kappa shape index (κ2) is 8.98. The second-order valence-corrected chi connectivity index (χ2v) is 7.48.